The van der Waals surface area contributed by atoms with E-state index in [9.17, 15) is 13.2 Å². The van der Waals surface area contributed by atoms with Crippen LogP contribution < -0.4 is 5.43 Å². The average molecular weight is 495 g/mol. The second-order valence-electron chi connectivity index (χ2n) is 6.48. The van der Waals surface area contributed by atoms with Crippen LogP contribution in [0.1, 0.15) is 6.92 Å². The van der Waals surface area contributed by atoms with Crippen LogP contribution in [-0.2, 0) is 19.6 Å². The molecule has 10 heteroatoms. The Kier molecular flexibility index (Phi) is 7.46. The van der Waals surface area contributed by atoms with Gasteiger partial charge in [-0.25, -0.2) is 13.2 Å². The molecule has 0 bridgehead atoms. The molecule has 1 heterocycles. The molecule has 2 aromatic carbocycles. The molecule has 0 saturated carbocycles. The molecule has 0 radical (unpaired) electrons. The predicted molar refractivity (Wildman–Crippen MR) is 119 cm³/mol. The molecular formula is C20H23BrN4O4S. The van der Waals surface area contributed by atoms with Crippen LogP contribution in [0.15, 0.2) is 69.1 Å². The maximum Gasteiger partial charge on any atom is 0.375 e. The first-order valence-electron chi connectivity index (χ1n) is 9.48. The number of halogens is 1. The molecule has 0 aromatic heterocycles. The van der Waals surface area contributed by atoms with Gasteiger partial charge in [-0.15, -0.1) is 5.10 Å². The van der Waals surface area contributed by atoms with E-state index >= 15 is 0 Å². The van der Waals surface area contributed by atoms with Crippen LogP contribution in [-0.4, -0.2) is 62.2 Å². The summed E-state index contributed by atoms with van der Waals surface area (Å²) >= 11 is 3.31. The fourth-order valence-corrected chi connectivity index (χ4v) is 5.01. The molecule has 30 heavy (non-hydrogen) atoms. The molecule has 3 rings (SSSR count). The summed E-state index contributed by atoms with van der Waals surface area (Å²) in [6.45, 7) is 3.06. The summed E-state index contributed by atoms with van der Waals surface area (Å²) in [6.07, 6.45) is 0. The summed E-state index contributed by atoms with van der Waals surface area (Å²) in [5.74, 6) is -0.426. The van der Waals surface area contributed by atoms with Crippen LogP contribution in [0.25, 0.3) is 0 Å². The van der Waals surface area contributed by atoms with Crippen molar-refractivity contribution < 1.29 is 17.9 Å². The van der Waals surface area contributed by atoms with Gasteiger partial charge in [0.1, 0.15) is 0 Å². The first kappa shape index (κ1) is 22.3. The highest BCUT2D eigenvalue weighted by molar-refractivity contribution is 9.10. The lowest BCUT2D eigenvalue weighted by atomic mass is 10.3. The fraction of sp³-hybridized carbons (Fsp3) is 0.300. The molecule has 1 aliphatic heterocycles. The van der Waals surface area contributed by atoms with Crippen LogP contribution in [0.5, 0.6) is 0 Å². The molecule has 0 unspecified atom stereocenters. The molecule has 8 nitrogen and oxygen atoms in total. The van der Waals surface area contributed by atoms with Crippen molar-refractivity contribution in [1.29, 1.82) is 0 Å². The van der Waals surface area contributed by atoms with E-state index < -0.39 is 16.0 Å². The van der Waals surface area contributed by atoms with Gasteiger partial charge >= 0.3 is 5.97 Å². The Labute approximate surface area is 184 Å². The average Bonchev–Trinajstić information content (AvgIpc) is 2.75. The van der Waals surface area contributed by atoms with E-state index in [0.717, 1.165) is 5.69 Å². The lowest BCUT2D eigenvalue weighted by Crippen LogP contribution is -2.52. The van der Waals surface area contributed by atoms with Gasteiger partial charge in [-0.05, 0) is 37.3 Å². The van der Waals surface area contributed by atoms with Gasteiger partial charge in [-0.1, -0.05) is 40.2 Å². The summed E-state index contributed by atoms with van der Waals surface area (Å²) in [4.78, 5) is 14.4. The molecule has 160 valence electrons. The van der Waals surface area contributed by atoms with E-state index in [2.05, 4.69) is 26.5 Å². The number of para-hydroxylation sites is 1. The standard InChI is InChI=1S/C20H23BrN4O4S/c1-2-29-20(26)19(23-22-17-8-4-3-5-9-17)24-11-13-25(14-12-24)30(27,28)18-10-6-7-16(21)15-18/h3-10,15,22H,2,11-14H2,1H3/b23-19-. The van der Waals surface area contributed by atoms with Crippen LogP contribution in [0.2, 0.25) is 0 Å². The Balaban J connectivity index is 1.73. The number of ether oxygens (including phenoxy) is 1. The Morgan fingerprint density at radius 3 is 2.43 bits per heavy atom. The van der Waals surface area contributed by atoms with Crippen molar-refractivity contribution in [3.8, 4) is 0 Å². The number of rotatable bonds is 5. The van der Waals surface area contributed by atoms with Crippen molar-refractivity contribution >= 4 is 43.4 Å². The van der Waals surface area contributed by atoms with E-state index in [1.807, 2.05) is 30.3 Å². The summed E-state index contributed by atoms with van der Waals surface area (Å²) in [7, 11) is -3.61. The summed E-state index contributed by atoms with van der Waals surface area (Å²) in [6, 6.07) is 15.9. The number of anilines is 1. The highest BCUT2D eigenvalue weighted by Crippen LogP contribution is 2.21. The Morgan fingerprint density at radius 2 is 1.80 bits per heavy atom. The van der Waals surface area contributed by atoms with Gasteiger partial charge in [-0.3, -0.25) is 5.43 Å². The maximum absolute atomic E-state index is 12.9. The summed E-state index contributed by atoms with van der Waals surface area (Å²) in [5, 5.41) is 4.24. The zero-order chi connectivity index (χ0) is 21.6. The Morgan fingerprint density at radius 1 is 1.10 bits per heavy atom. The Bertz CT molecular complexity index is 1010. The van der Waals surface area contributed by atoms with Gasteiger partial charge in [0.15, 0.2) is 0 Å². The molecule has 0 spiro atoms. The molecule has 1 saturated heterocycles. The second kappa shape index (κ2) is 10.1. The van der Waals surface area contributed by atoms with E-state index in [1.165, 1.54) is 4.31 Å². The maximum atomic E-state index is 12.9. The van der Waals surface area contributed by atoms with Crippen LogP contribution in [0.3, 0.4) is 0 Å². The van der Waals surface area contributed by atoms with Gasteiger partial charge in [0.05, 0.1) is 17.2 Å². The number of nitrogens with one attached hydrogen (secondary N) is 1. The fourth-order valence-electron chi connectivity index (χ4n) is 2.99. The van der Waals surface area contributed by atoms with Gasteiger partial charge in [0, 0.05) is 30.7 Å². The topological polar surface area (TPSA) is 91.3 Å². The van der Waals surface area contributed by atoms with E-state index in [1.54, 1.807) is 36.1 Å². The predicted octanol–water partition coefficient (Wildman–Crippen LogP) is 2.74. The molecule has 1 aliphatic rings. The minimum absolute atomic E-state index is 0.125. The van der Waals surface area contributed by atoms with Crippen molar-refractivity contribution in [3.63, 3.8) is 0 Å². The number of nitrogens with zero attached hydrogens (tertiary/aromatic N) is 3. The van der Waals surface area contributed by atoms with E-state index in [-0.39, 0.29) is 30.4 Å². The van der Waals surface area contributed by atoms with E-state index in [4.69, 9.17) is 4.74 Å². The normalized spacial score (nSPS) is 15.7. The van der Waals surface area contributed by atoms with Crippen molar-refractivity contribution in [2.75, 3.05) is 38.2 Å². The first-order chi connectivity index (χ1) is 14.4. The van der Waals surface area contributed by atoms with Gasteiger partial charge in [0.25, 0.3) is 0 Å². The van der Waals surface area contributed by atoms with Crippen molar-refractivity contribution in [2.45, 2.75) is 11.8 Å². The zero-order valence-electron chi connectivity index (χ0n) is 16.5. The van der Waals surface area contributed by atoms with Gasteiger partial charge in [0.2, 0.25) is 15.9 Å². The number of benzene rings is 2. The highest BCUT2D eigenvalue weighted by atomic mass is 79.9. The molecule has 2 aromatic rings. The number of sulfonamides is 1. The number of amidine groups is 1. The summed E-state index contributed by atoms with van der Waals surface area (Å²) < 4.78 is 33.1. The number of carbonyl (C=O) groups excluding carboxylic acids is 1. The van der Waals surface area contributed by atoms with Crippen LogP contribution in [0.4, 0.5) is 5.69 Å². The molecule has 0 aliphatic carbocycles. The van der Waals surface area contributed by atoms with E-state index in [0.29, 0.717) is 17.6 Å². The monoisotopic (exact) mass is 494 g/mol. The van der Waals surface area contributed by atoms with Crippen molar-refractivity contribution in [3.05, 3.63) is 59.1 Å². The number of carbonyl (C=O) groups is 1. The lowest BCUT2D eigenvalue weighted by molar-refractivity contribution is -0.136. The summed E-state index contributed by atoms with van der Waals surface area (Å²) in [5.41, 5.74) is 3.59. The third-order valence-electron chi connectivity index (χ3n) is 4.49. The SMILES string of the molecule is CCOC(=O)/C(=N/Nc1ccccc1)N1CCN(S(=O)(=O)c2cccc(Br)c2)CC1. The Hall–Kier alpha value is -2.43. The van der Waals surface area contributed by atoms with Crippen molar-refractivity contribution in [2.24, 2.45) is 5.10 Å². The molecule has 0 amide bonds. The van der Waals surface area contributed by atoms with Crippen molar-refractivity contribution in [1.82, 2.24) is 9.21 Å². The number of hydrazone groups is 1. The molecule has 1 fully saturated rings. The van der Waals surface area contributed by atoms with Crippen LogP contribution >= 0.6 is 15.9 Å². The third kappa shape index (κ3) is 5.38. The second-order valence-corrected chi connectivity index (χ2v) is 9.34. The quantitative estimate of drug-likeness (QED) is 0.297. The molecule has 1 N–H and O–H groups in total. The lowest BCUT2D eigenvalue weighted by Gasteiger charge is -2.34. The third-order valence-corrected chi connectivity index (χ3v) is 6.88. The first-order valence-corrected chi connectivity index (χ1v) is 11.7. The number of piperazine rings is 1. The minimum Gasteiger partial charge on any atom is -0.460 e. The van der Waals surface area contributed by atoms with Gasteiger partial charge in [-0.2, -0.15) is 4.31 Å². The smallest absolute Gasteiger partial charge is 0.375 e. The van der Waals surface area contributed by atoms with Gasteiger partial charge < -0.3 is 9.64 Å². The highest BCUT2D eigenvalue weighted by Gasteiger charge is 2.32. The largest absolute Gasteiger partial charge is 0.460 e. The van der Waals surface area contributed by atoms with Crippen LogP contribution in [0, 0.1) is 0 Å². The zero-order valence-corrected chi connectivity index (χ0v) is 18.9. The minimum atomic E-state index is -3.61. The molecular weight excluding hydrogens is 472 g/mol. The molecule has 0 atom stereocenters. The number of hydrogen-bond donors (Lipinski definition) is 1. The number of hydrogen-bond acceptors (Lipinski definition) is 6. The number of esters is 1.